The molecule has 0 aliphatic rings. The molecule has 2 aromatic carbocycles. The standard InChI is InChI=1S/C23H25N3O2/c1-16-6-5-7-20(14-16)15-26-18(3)23(17(2)25-26)24-22(27)13-10-19-8-11-21(28-4)12-9-19/h5-14H,15H2,1-4H3,(H,24,27)/b13-10+. The van der Waals surface area contributed by atoms with Crippen LogP contribution < -0.4 is 10.1 Å². The number of hydrogen-bond donors (Lipinski definition) is 1. The predicted molar refractivity (Wildman–Crippen MR) is 113 cm³/mol. The highest BCUT2D eigenvalue weighted by Crippen LogP contribution is 2.21. The van der Waals surface area contributed by atoms with Crippen molar-refractivity contribution in [1.82, 2.24) is 9.78 Å². The van der Waals surface area contributed by atoms with Gasteiger partial charge >= 0.3 is 0 Å². The lowest BCUT2D eigenvalue weighted by Gasteiger charge is -2.07. The quantitative estimate of drug-likeness (QED) is 0.645. The number of amides is 1. The van der Waals surface area contributed by atoms with E-state index in [-0.39, 0.29) is 5.91 Å². The lowest BCUT2D eigenvalue weighted by atomic mass is 10.1. The van der Waals surface area contributed by atoms with Crippen molar-refractivity contribution in [3.8, 4) is 5.75 Å². The zero-order valence-electron chi connectivity index (χ0n) is 16.7. The fourth-order valence-electron chi connectivity index (χ4n) is 3.07. The Morgan fingerprint density at radius 1 is 1.14 bits per heavy atom. The van der Waals surface area contributed by atoms with Crippen molar-refractivity contribution >= 4 is 17.7 Å². The molecule has 5 nitrogen and oxygen atoms in total. The van der Waals surface area contributed by atoms with Crippen LogP contribution in [0.15, 0.2) is 54.6 Å². The Balaban J connectivity index is 1.70. The smallest absolute Gasteiger partial charge is 0.248 e. The van der Waals surface area contributed by atoms with E-state index >= 15 is 0 Å². The number of anilines is 1. The molecule has 3 aromatic rings. The van der Waals surface area contributed by atoms with Crippen LogP contribution in [0.2, 0.25) is 0 Å². The molecule has 0 aliphatic heterocycles. The zero-order chi connectivity index (χ0) is 20.1. The molecule has 3 rings (SSSR count). The van der Waals surface area contributed by atoms with Crippen LogP contribution in [0.4, 0.5) is 5.69 Å². The van der Waals surface area contributed by atoms with Gasteiger partial charge in [0.15, 0.2) is 0 Å². The molecule has 1 aromatic heterocycles. The van der Waals surface area contributed by atoms with Gasteiger partial charge in [-0.05, 0) is 50.1 Å². The average molecular weight is 375 g/mol. The number of benzene rings is 2. The number of nitrogens with zero attached hydrogens (tertiary/aromatic N) is 2. The number of methoxy groups -OCH3 is 1. The van der Waals surface area contributed by atoms with Gasteiger partial charge in [-0.1, -0.05) is 42.0 Å². The van der Waals surface area contributed by atoms with Gasteiger partial charge in [0.1, 0.15) is 5.75 Å². The van der Waals surface area contributed by atoms with E-state index in [1.165, 1.54) is 17.2 Å². The molecule has 0 radical (unpaired) electrons. The summed E-state index contributed by atoms with van der Waals surface area (Å²) in [5, 5.41) is 7.54. The van der Waals surface area contributed by atoms with Gasteiger partial charge in [-0.25, -0.2) is 0 Å². The second-order valence-corrected chi connectivity index (χ2v) is 6.79. The second-order valence-electron chi connectivity index (χ2n) is 6.79. The molecule has 1 heterocycles. The monoisotopic (exact) mass is 375 g/mol. The van der Waals surface area contributed by atoms with Crippen LogP contribution in [-0.4, -0.2) is 22.8 Å². The van der Waals surface area contributed by atoms with Crippen molar-refractivity contribution in [2.75, 3.05) is 12.4 Å². The zero-order valence-corrected chi connectivity index (χ0v) is 16.7. The molecule has 0 saturated heterocycles. The summed E-state index contributed by atoms with van der Waals surface area (Å²) >= 11 is 0. The third-order valence-electron chi connectivity index (χ3n) is 4.59. The SMILES string of the molecule is COc1ccc(/C=C/C(=O)Nc2c(C)nn(Cc3cccc(C)c3)c2C)cc1. The summed E-state index contributed by atoms with van der Waals surface area (Å²) in [6.07, 6.45) is 3.30. The summed E-state index contributed by atoms with van der Waals surface area (Å²) < 4.78 is 7.06. The average Bonchev–Trinajstić information content (AvgIpc) is 2.94. The molecule has 0 aliphatic carbocycles. The summed E-state index contributed by atoms with van der Waals surface area (Å²) in [5.74, 6) is 0.603. The third kappa shape index (κ3) is 4.68. The molecular formula is C23H25N3O2. The molecular weight excluding hydrogens is 350 g/mol. The van der Waals surface area contributed by atoms with Gasteiger partial charge in [-0.2, -0.15) is 5.10 Å². The van der Waals surface area contributed by atoms with Gasteiger partial charge < -0.3 is 10.1 Å². The van der Waals surface area contributed by atoms with E-state index < -0.39 is 0 Å². The lowest BCUT2D eigenvalue weighted by Crippen LogP contribution is -2.10. The van der Waals surface area contributed by atoms with Crippen LogP contribution in [0.1, 0.15) is 28.1 Å². The number of rotatable bonds is 6. The molecule has 0 unspecified atom stereocenters. The van der Waals surface area contributed by atoms with Gasteiger partial charge in [0.05, 0.1) is 30.7 Å². The first-order valence-corrected chi connectivity index (χ1v) is 9.19. The Hall–Kier alpha value is -3.34. The Morgan fingerprint density at radius 3 is 2.57 bits per heavy atom. The van der Waals surface area contributed by atoms with Crippen molar-refractivity contribution in [3.63, 3.8) is 0 Å². The molecule has 0 atom stereocenters. The van der Waals surface area contributed by atoms with E-state index in [0.717, 1.165) is 28.4 Å². The van der Waals surface area contributed by atoms with Gasteiger partial charge in [-0.15, -0.1) is 0 Å². The van der Waals surface area contributed by atoms with Gasteiger partial charge in [0.25, 0.3) is 0 Å². The molecule has 0 bridgehead atoms. The van der Waals surface area contributed by atoms with Crippen molar-refractivity contribution in [3.05, 3.63) is 82.7 Å². The van der Waals surface area contributed by atoms with E-state index in [9.17, 15) is 4.79 Å². The summed E-state index contributed by atoms with van der Waals surface area (Å²) in [6, 6.07) is 15.9. The highest BCUT2D eigenvalue weighted by atomic mass is 16.5. The molecule has 5 heteroatoms. The van der Waals surface area contributed by atoms with Crippen molar-refractivity contribution in [1.29, 1.82) is 0 Å². The Bertz CT molecular complexity index is 1000. The van der Waals surface area contributed by atoms with E-state index in [2.05, 4.69) is 35.5 Å². The number of aryl methyl sites for hydroxylation is 2. The van der Waals surface area contributed by atoms with Crippen molar-refractivity contribution in [2.45, 2.75) is 27.3 Å². The third-order valence-corrected chi connectivity index (χ3v) is 4.59. The number of hydrogen-bond acceptors (Lipinski definition) is 3. The summed E-state index contributed by atoms with van der Waals surface area (Å²) in [7, 11) is 1.63. The van der Waals surface area contributed by atoms with Crippen LogP contribution in [0, 0.1) is 20.8 Å². The highest BCUT2D eigenvalue weighted by molar-refractivity contribution is 6.02. The molecule has 28 heavy (non-hydrogen) atoms. The first kappa shape index (κ1) is 19.4. The number of carbonyl (C=O) groups is 1. The predicted octanol–water partition coefficient (Wildman–Crippen LogP) is 4.52. The minimum Gasteiger partial charge on any atom is -0.497 e. The number of carbonyl (C=O) groups excluding carboxylic acids is 1. The molecule has 1 amide bonds. The maximum atomic E-state index is 12.4. The first-order chi connectivity index (χ1) is 13.5. The molecule has 0 spiro atoms. The van der Waals surface area contributed by atoms with Gasteiger partial charge in [-0.3, -0.25) is 9.48 Å². The van der Waals surface area contributed by atoms with E-state index in [4.69, 9.17) is 4.74 Å². The maximum absolute atomic E-state index is 12.4. The first-order valence-electron chi connectivity index (χ1n) is 9.19. The van der Waals surface area contributed by atoms with Crippen molar-refractivity contribution < 1.29 is 9.53 Å². The van der Waals surface area contributed by atoms with E-state index in [1.807, 2.05) is 48.9 Å². The summed E-state index contributed by atoms with van der Waals surface area (Å²) in [4.78, 5) is 12.4. The highest BCUT2D eigenvalue weighted by Gasteiger charge is 2.13. The Kier molecular flexibility index (Phi) is 5.94. The van der Waals surface area contributed by atoms with Gasteiger partial charge in [0, 0.05) is 6.08 Å². The van der Waals surface area contributed by atoms with E-state index in [0.29, 0.717) is 6.54 Å². The van der Waals surface area contributed by atoms with E-state index in [1.54, 1.807) is 13.2 Å². The van der Waals surface area contributed by atoms with Crippen LogP contribution in [0.5, 0.6) is 5.75 Å². The fourth-order valence-corrected chi connectivity index (χ4v) is 3.07. The number of nitrogens with one attached hydrogen (secondary N) is 1. The number of ether oxygens (including phenoxy) is 1. The molecule has 0 fully saturated rings. The minimum atomic E-state index is -0.183. The largest absolute Gasteiger partial charge is 0.497 e. The fraction of sp³-hybridized carbons (Fsp3) is 0.217. The van der Waals surface area contributed by atoms with Crippen molar-refractivity contribution in [2.24, 2.45) is 0 Å². The minimum absolute atomic E-state index is 0.183. The maximum Gasteiger partial charge on any atom is 0.248 e. The molecule has 0 saturated carbocycles. The van der Waals surface area contributed by atoms with Crippen LogP contribution in [0.25, 0.3) is 6.08 Å². The Morgan fingerprint density at radius 2 is 1.89 bits per heavy atom. The second kappa shape index (κ2) is 8.57. The Labute approximate surface area is 165 Å². The van der Waals surface area contributed by atoms with Crippen LogP contribution in [0.3, 0.4) is 0 Å². The summed E-state index contributed by atoms with van der Waals surface area (Å²) in [6.45, 7) is 6.62. The molecule has 1 N–H and O–H groups in total. The van der Waals surface area contributed by atoms with Crippen LogP contribution in [-0.2, 0) is 11.3 Å². The lowest BCUT2D eigenvalue weighted by molar-refractivity contribution is -0.111. The normalized spacial score (nSPS) is 11.0. The topological polar surface area (TPSA) is 56.1 Å². The van der Waals surface area contributed by atoms with Crippen LogP contribution >= 0.6 is 0 Å². The summed E-state index contributed by atoms with van der Waals surface area (Å²) in [5.41, 5.74) is 5.83. The number of aromatic nitrogens is 2. The molecule has 144 valence electrons. The van der Waals surface area contributed by atoms with Gasteiger partial charge in [0.2, 0.25) is 5.91 Å².